The molecule has 2 aromatic carbocycles. The highest BCUT2D eigenvalue weighted by molar-refractivity contribution is 5.81. The molecule has 0 radical (unpaired) electrons. The molecule has 1 aliphatic heterocycles. The van der Waals surface area contributed by atoms with E-state index in [2.05, 4.69) is 21.7 Å². The first kappa shape index (κ1) is 24.7. The Morgan fingerprint density at radius 1 is 1.11 bits per heavy atom. The Balaban J connectivity index is 1.29. The second-order valence-corrected chi connectivity index (χ2v) is 8.46. The number of likely N-dealkylation sites (tertiary alicyclic amines) is 1. The van der Waals surface area contributed by atoms with E-state index >= 15 is 0 Å². The van der Waals surface area contributed by atoms with Gasteiger partial charge in [0.25, 0.3) is 0 Å². The summed E-state index contributed by atoms with van der Waals surface area (Å²) >= 11 is 0. The molecule has 1 aliphatic rings. The number of benzene rings is 2. The number of nitrogens with one attached hydrogen (secondary N) is 2. The predicted octanol–water partition coefficient (Wildman–Crippen LogP) is 3.72. The smallest absolute Gasteiger partial charge is 0.321 e. The van der Waals surface area contributed by atoms with E-state index in [9.17, 15) is 14.7 Å². The molecule has 2 atom stereocenters. The maximum absolute atomic E-state index is 12.4. The van der Waals surface area contributed by atoms with E-state index in [-0.39, 0.29) is 18.9 Å². The molecular weight excluding hydrogens is 458 g/mol. The van der Waals surface area contributed by atoms with Crippen molar-refractivity contribution in [3.63, 3.8) is 0 Å². The third kappa shape index (κ3) is 6.58. The summed E-state index contributed by atoms with van der Waals surface area (Å²) in [5.41, 5.74) is 1.68. The van der Waals surface area contributed by atoms with Crippen LogP contribution in [0.2, 0.25) is 0 Å². The molecule has 1 amide bonds. The van der Waals surface area contributed by atoms with Crippen molar-refractivity contribution < 1.29 is 19.4 Å². The number of hydrogen-bond donors (Lipinski definition) is 3. The minimum atomic E-state index is -1.04. The Labute approximate surface area is 209 Å². The molecule has 1 saturated heterocycles. The maximum atomic E-state index is 12.4. The second-order valence-electron chi connectivity index (χ2n) is 8.46. The summed E-state index contributed by atoms with van der Waals surface area (Å²) < 4.78 is 5.90. The molecule has 0 saturated carbocycles. The van der Waals surface area contributed by atoms with E-state index in [4.69, 9.17) is 10.00 Å². The zero-order chi connectivity index (χ0) is 25.3. The van der Waals surface area contributed by atoms with Gasteiger partial charge in [0.15, 0.2) is 0 Å². The molecule has 1 fully saturated rings. The Hall–Kier alpha value is -4.42. The highest BCUT2D eigenvalue weighted by atomic mass is 16.5. The number of aromatic nitrogens is 1. The van der Waals surface area contributed by atoms with Gasteiger partial charge in [-0.05, 0) is 73.4 Å². The molecule has 9 heteroatoms. The van der Waals surface area contributed by atoms with Crippen LogP contribution in [-0.2, 0) is 16.0 Å². The van der Waals surface area contributed by atoms with E-state index in [0.717, 1.165) is 23.5 Å². The van der Waals surface area contributed by atoms with Gasteiger partial charge < -0.3 is 20.1 Å². The van der Waals surface area contributed by atoms with Crippen molar-refractivity contribution in [2.75, 3.05) is 18.4 Å². The van der Waals surface area contributed by atoms with Gasteiger partial charge in [-0.2, -0.15) is 5.26 Å². The van der Waals surface area contributed by atoms with Crippen LogP contribution in [0, 0.1) is 11.3 Å². The van der Waals surface area contributed by atoms with Crippen LogP contribution >= 0.6 is 0 Å². The van der Waals surface area contributed by atoms with Crippen molar-refractivity contribution in [1.29, 1.82) is 5.26 Å². The van der Waals surface area contributed by atoms with Gasteiger partial charge in [-0.1, -0.05) is 18.2 Å². The Bertz CT molecular complexity index is 1210. The lowest BCUT2D eigenvalue weighted by Crippen LogP contribution is -2.46. The molecular formula is C27H27N5O4. The van der Waals surface area contributed by atoms with Crippen LogP contribution in [0.15, 0.2) is 72.9 Å². The van der Waals surface area contributed by atoms with Crippen LogP contribution in [-0.4, -0.2) is 52.0 Å². The number of carbonyl (C=O) groups excluding carboxylic acids is 1. The standard InChI is InChI=1S/C27H27N5O4/c28-17-21-4-3-15-32(21)26(33)18-30-24(27(34)35)16-19-6-10-22(11-7-19)36-23-12-8-20(9-13-23)31-25-5-1-2-14-29-25/h1-2,5-14,21,24,30H,3-4,15-16,18H2,(H,29,31)(H,34,35)/t21-,24-/m0/s1. The zero-order valence-corrected chi connectivity index (χ0v) is 19.6. The van der Waals surface area contributed by atoms with Gasteiger partial charge in [-0.25, -0.2) is 4.98 Å². The average Bonchev–Trinajstić information content (AvgIpc) is 3.38. The van der Waals surface area contributed by atoms with E-state index in [1.54, 1.807) is 30.5 Å². The third-order valence-corrected chi connectivity index (χ3v) is 5.91. The first-order valence-electron chi connectivity index (χ1n) is 11.7. The van der Waals surface area contributed by atoms with Crippen molar-refractivity contribution >= 4 is 23.4 Å². The lowest BCUT2D eigenvalue weighted by atomic mass is 10.1. The van der Waals surface area contributed by atoms with Gasteiger partial charge in [0.05, 0.1) is 12.6 Å². The van der Waals surface area contributed by atoms with E-state index in [0.29, 0.717) is 24.5 Å². The highest BCUT2D eigenvalue weighted by Crippen LogP contribution is 2.25. The topological polar surface area (TPSA) is 128 Å². The monoisotopic (exact) mass is 485 g/mol. The highest BCUT2D eigenvalue weighted by Gasteiger charge is 2.29. The van der Waals surface area contributed by atoms with Crippen molar-refractivity contribution in [3.05, 3.63) is 78.5 Å². The minimum absolute atomic E-state index is 0.123. The molecule has 0 unspecified atom stereocenters. The molecule has 0 aliphatic carbocycles. The number of anilines is 2. The van der Waals surface area contributed by atoms with Crippen molar-refractivity contribution in [3.8, 4) is 17.6 Å². The summed E-state index contributed by atoms with van der Waals surface area (Å²) in [6, 6.07) is 21.1. The molecule has 184 valence electrons. The van der Waals surface area contributed by atoms with Crippen LogP contribution in [0.5, 0.6) is 11.5 Å². The van der Waals surface area contributed by atoms with E-state index in [1.165, 1.54) is 4.90 Å². The summed E-state index contributed by atoms with van der Waals surface area (Å²) in [7, 11) is 0. The van der Waals surface area contributed by atoms with Crippen molar-refractivity contribution in [2.45, 2.75) is 31.3 Å². The first-order chi connectivity index (χ1) is 17.5. The number of carboxylic acids is 1. The molecule has 36 heavy (non-hydrogen) atoms. The molecule has 3 aromatic rings. The van der Waals surface area contributed by atoms with Gasteiger partial charge in [0.2, 0.25) is 5.91 Å². The second kappa shape index (κ2) is 11.8. The van der Waals surface area contributed by atoms with Crippen LogP contribution in [0.4, 0.5) is 11.5 Å². The fourth-order valence-electron chi connectivity index (χ4n) is 4.01. The van der Waals surface area contributed by atoms with Crippen molar-refractivity contribution in [1.82, 2.24) is 15.2 Å². The number of carboxylic acid groups (broad SMARTS) is 1. The fourth-order valence-corrected chi connectivity index (χ4v) is 4.01. The molecule has 4 rings (SSSR count). The molecule has 2 heterocycles. The number of carbonyl (C=O) groups is 2. The largest absolute Gasteiger partial charge is 0.480 e. The lowest BCUT2D eigenvalue weighted by molar-refractivity contribution is -0.139. The number of amides is 1. The minimum Gasteiger partial charge on any atom is -0.480 e. The number of aliphatic carboxylic acids is 1. The van der Waals surface area contributed by atoms with Gasteiger partial charge in [0.1, 0.15) is 29.4 Å². The Morgan fingerprint density at radius 3 is 2.47 bits per heavy atom. The summed E-state index contributed by atoms with van der Waals surface area (Å²) in [5, 5.41) is 24.8. The number of rotatable bonds is 10. The van der Waals surface area contributed by atoms with E-state index < -0.39 is 18.1 Å². The van der Waals surface area contributed by atoms with Crippen LogP contribution < -0.4 is 15.4 Å². The average molecular weight is 486 g/mol. The molecule has 0 bridgehead atoms. The van der Waals surface area contributed by atoms with Gasteiger partial charge in [-0.3, -0.25) is 14.9 Å². The van der Waals surface area contributed by atoms with Gasteiger partial charge >= 0.3 is 5.97 Å². The number of nitrogens with zero attached hydrogens (tertiary/aromatic N) is 3. The zero-order valence-electron chi connectivity index (χ0n) is 19.6. The van der Waals surface area contributed by atoms with Crippen molar-refractivity contribution in [2.24, 2.45) is 0 Å². The number of pyridine rings is 1. The molecule has 3 N–H and O–H groups in total. The summed E-state index contributed by atoms with van der Waals surface area (Å²) in [5.74, 6) is 0.741. The maximum Gasteiger partial charge on any atom is 0.321 e. The predicted molar refractivity (Wildman–Crippen MR) is 134 cm³/mol. The summed E-state index contributed by atoms with van der Waals surface area (Å²) in [6.45, 7) is 0.406. The Morgan fingerprint density at radius 2 is 1.83 bits per heavy atom. The quantitative estimate of drug-likeness (QED) is 0.397. The summed E-state index contributed by atoms with van der Waals surface area (Å²) in [6.07, 6.45) is 3.37. The molecule has 1 aromatic heterocycles. The summed E-state index contributed by atoms with van der Waals surface area (Å²) in [4.78, 5) is 29.9. The fraction of sp³-hybridized carbons (Fsp3) is 0.259. The van der Waals surface area contributed by atoms with E-state index in [1.807, 2.05) is 42.5 Å². The van der Waals surface area contributed by atoms with Gasteiger partial charge in [-0.15, -0.1) is 0 Å². The molecule has 0 spiro atoms. The number of hydrogen-bond acceptors (Lipinski definition) is 7. The normalized spacial score (nSPS) is 15.6. The van der Waals surface area contributed by atoms with Gasteiger partial charge in [0, 0.05) is 18.4 Å². The van der Waals surface area contributed by atoms with Crippen LogP contribution in [0.1, 0.15) is 18.4 Å². The first-order valence-corrected chi connectivity index (χ1v) is 11.7. The third-order valence-electron chi connectivity index (χ3n) is 5.91. The SMILES string of the molecule is N#C[C@@H]1CCCN1C(=O)CN[C@@H](Cc1ccc(Oc2ccc(Nc3ccccn3)cc2)cc1)C(=O)O. The Kier molecular flexibility index (Phi) is 8.11. The lowest BCUT2D eigenvalue weighted by Gasteiger charge is -2.21. The number of nitriles is 1. The molecule has 9 nitrogen and oxygen atoms in total. The van der Waals surface area contributed by atoms with Crippen LogP contribution in [0.3, 0.4) is 0 Å². The number of ether oxygens (including phenoxy) is 1. The van der Waals surface area contributed by atoms with Crippen LogP contribution in [0.25, 0.3) is 0 Å².